The van der Waals surface area contributed by atoms with Gasteiger partial charge in [0.2, 0.25) is 0 Å². The Kier molecular flexibility index (Phi) is 9.66. The highest BCUT2D eigenvalue weighted by molar-refractivity contribution is 7.97. The van der Waals surface area contributed by atoms with Crippen LogP contribution < -0.4 is 0 Å². The Hall–Kier alpha value is -4.07. The second-order valence-corrected chi connectivity index (χ2v) is 14.6. The van der Waals surface area contributed by atoms with Crippen LogP contribution in [-0.2, 0) is 49.6 Å². The van der Waals surface area contributed by atoms with Crippen LogP contribution in [0.1, 0.15) is 13.3 Å². The van der Waals surface area contributed by atoms with E-state index in [-0.39, 0.29) is 22.9 Å². The molecule has 3 aromatic carbocycles. The number of halogens is 2. The average molecular weight is 673 g/mol. The monoisotopic (exact) mass is 672 g/mol. The van der Waals surface area contributed by atoms with E-state index >= 15 is 0 Å². The van der Waals surface area contributed by atoms with E-state index in [1.165, 1.54) is 21.6 Å². The summed E-state index contributed by atoms with van der Waals surface area (Å²) in [5, 5.41) is -4.80. The molecule has 13 heteroatoms. The van der Waals surface area contributed by atoms with Crippen LogP contribution in [0.25, 0.3) is 0 Å². The average Bonchev–Trinajstić information content (AvgIpc) is 3.66. The number of ether oxygens (including phenoxy) is 3. The van der Waals surface area contributed by atoms with Crippen LogP contribution in [0.15, 0.2) is 118 Å². The maximum Gasteiger partial charge on any atom is 0.367 e. The summed E-state index contributed by atoms with van der Waals surface area (Å²) in [6.07, 6.45) is -1.45. The lowest BCUT2D eigenvalue weighted by molar-refractivity contribution is -0.165. The van der Waals surface area contributed by atoms with E-state index < -0.39 is 75.8 Å². The highest BCUT2D eigenvalue weighted by atomic mass is 32.2. The van der Waals surface area contributed by atoms with Crippen molar-refractivity contribution in [3.63, 3.8) is 0 Å². The molecule has 0 radical (unpaired) electrons. The Morgan fingerprint density at radius 2 is 1.41 bits per heavy atom. The van der Waals surface area contributed by atoms with Gasteiger partial charge in [-0.15, -0.1) is 0 Å². The summed E-state index contributed by atoms with van der Waals surface area (Å²) in [6, 6.07) is 32.2. The molecule has 9 nitrogen and oxygen atoms in total. The summed E-state index contributed by atoms with van der Waals surface area (Å²) < 4.78 is 72.7. The van der Waals surface area contributed by atoms with Crippen molar-refractivity contribution in [2.24, 2.45) is 23.7 Å². The lowest BCUT2D eigenvalue weighted by Gasteiger charge is -2.30. The lowest BCUT2D eigenvalue weighted by atomic mass is 9.78. The molecule has 2 aliphatic carbocycles. The van der Waals surface area contributed by atoms with Crippen molar-refractivity contribution in [1.29, 1.82) is 0 Å². The highest BCUT2D eigenvalue weighted by Crippen LogP contribution is 2.59. The predicted octanol–water partition coefficient (Wildman–Crippen LogP) is 4.75. The van der Waals surface area contributed by atoms with Gasteiger partial charge >= 0.3 is 23.2 Å². The van der Waals surface area contributed by atoms with E-state index in [0.717, 1.165) is 0 Å². The molecular weight excluding hydrogens is 642 g/mol. The molecular formula is C33H30F2O9S2. The first-order valence-electron chi connectivity index (χ1n) is 14.3. The molecule has 0 spiro atoms. The van der Waals surface area contributed by atoms with Gasteiger partial charge in [0, 0.05) is 17.4 Å². The first kappa shape index (κ1) is 33.3. The van der Waals surface area contributed by atoms with Gasteiger partial charge in [-0.25, -0.2) is 13.2 Å². The fourth-order valence-corrected chi connectivity index (χ4v) is 8.40. The molecule has 2 saturated carbocycles. The molecule has 6 unspecified atom stereocenters. The molecule has 0 aromatic heterocycles. The highest BCUT2D eigenvalue weighted by Gasteiger charge is 2.70. The molecule has 1 aliphatic heterocycles. The second-order valence-electron chi connectivity index (χ2n) is 11.1. The molecule has 6 rings (SSSR count). The van der Waals surface area contributed by atoms with Gasteiger partial charge < -0.3 is 18.8 Å². The zero-order chi connectivity index (χ0) is 33.2. The van der Waals surface area contributed by atoms with Gasteiger partial charge in [-0.3, -0.25) is 9.59 Å². The quantitative estimate of drug-likeness (QED) is 0.104. The lowest BCUT2D eigenvalue weighted by Crippen LogP contribution is -2.45. The van der Waals surface area contributed by atoms with Crippen molar-refractivity contribution in [2.75, 3.05) is 6.61 Å². The SMILES string of the molecule is C=C(C)C(=O)OC1C2CC3C1OC(=O)C3C2C(=O)OCC(F)(F)S(=O)(=O)[O-].c1ccc([S+](c2ccccc2)c2ccccc2)cc1. The van der Waals surface area contributed by atoms with Crippen LogP contribution >= 0.6 is 0 Å². The Balaban J connectivity index is 0.000000192. The summed E-state index contributed by atoms with van der Waals surface area (Å²) in [6.45, 7) is 2.86. The molecule has 2 bridgehead atoms. The zero-order valence-corrected chi connectivity index (χ0v) is 26.1. The van der Waals surface area contributed by atoms with Crippen LogP contribution in [0.4, 0.5) is 8.78 Å². The molecule has 1 heterocycles. The van der Waals surface area contributed by atoms with Gasteiger partial charge in [-0.05, 0) is 49.7 Å². The van der Waals surface area contributed by atoms with E-state index in [4.69, 9.17) is 9.47 Å². The number of alkyl halides is 2. The van der Waals surface area contributed by atoms with Gasteiger partial charge in [0.25, 0.3) is 0 Å². The molecule has 242 valence electrons. The van der Waals surface area contributed by atoms with Gasteiger partial charge in [0.05, 0.1) is 22.7 Å². The summed E-state index contributed by atoms with van der Waals surface area (Å²) in [5.74, 6) is -6.14. The van der Waals surface area contributed by atoms with E-state index in [9.17, 15) is 36.1 Å². The van der Waals surface area contributed by atoms with Gasteiger partial charge in [-0.2, -0.15) is 8.78 Å². The molecule has 6 atom stereocenters. The van der Waals surface area contributed by atoms with Crippen molar-refractivity contribution < 1.29 is 50.3 Å². The van der Waals surface area contributed by atoms with Crippen molar-refractivity contribution >= 4 is 38.9 Å². The topological polar surface area (TPSA) is 136 Å². The first-order valence-corrected chi connectivity index (χ1v) is 16.9. The summed E-state index contributed by atoms with van der Waals surface area (Å²) in [4.78, 5) is 40.2. The van der Waals surface area contributed by atoms with Crippen molar-refractivity contribution in [3.05, 3.63) is 103 Å². The molecule has 0 amide bonds. The Morgan fingerprint density at radius 3 is 1.85 bits per heavy atom. The minimum absolute atomic E-state index is 0.0146. The number of carbonyl (C=O) groups excluding carboxylic acids is 3. The minimum atomic E-state index is -6.02. The maximum atomic E-state index is 13.2. The van der Waals surface area contributed by atoms with Crippen molar-refractivity contribution in [3.8, 4) is 0 Å². The smallest absolute Gasteiger partial charge is 0.367 e. The van der Waals surface area contributed by atoms with E-state index in [2.05, 4.69) is 102 Å². The van der Waals surface area contributed by atoms with Crippen molar-refractivity contribution in [1.82, 2.24) is 0 Å². The van der Waals surface area contributed by atoms with Gasteiger partial charge in [-0.1, -0.05) is 61.2 Å². The minimum Gasteiger partial charge on any atom is -0.743 e. The summed E-state index contributed by atoms with van der Waals surface area (Å²) in [7, 11) is -6.04. The van der Waals surface area contributed by atoms with Crippen LogP contribution in [0.2, 0.25) is 0 Å². The number of benzene rings is 3. The van der Waals surface area contributed by atoms with E-state index in [1.54, 1.807) is 0 Å². The molecule has 46 heavy (non-hydrogen) atoms. The predicted molar refractivity (Wildman–Crippen MR) is 160 cm³/mol. The molecule has 0 N–H and O–H groups in total. The standard InChI is InChI=1S/C18H15S.C15H16F2O9S/c1-4-10-16(11-5-1)19(17-12-6-2-7-13-17)18-14-8-3-9-15-18;1-5(2)12(18)25-10-6-3-7-9(14(20)26-11(7)10)8(6)13(19)24-4-15(16,17)27(21,22)23/h1-15H;6-11H,1,3-4H2,2H3,(H,21,22,23)/q+1;/p-1. The van der Waals surface area contributed by atoms with Crippen LogP contribution in [0.3, 0.4) is 0 Å². The number of carbonyl (C=O) groups is 3. The Morgan fingerprint density at radius 1 is 0.935 bits per heavy atom. The fourth-order valence-electron chi connectivity index (χ4n) is 6.09. The van der Waals surface area contributed by atoms with Gasteiger partial charge in [0.1, 0.15) is 12.2 Å². The number of hydrogen-bond acceptors (Lipinski definition) is 9. The molecule has 1 saturated heterocycles. The molecule has 3 fully saturated rings. The first-order chi connectivity index (χ1) is 21.8. The number of esters is 3. The normalized spacial score (nSPS) is 24.5. The van der Waals surface area contributed by atoms with Gasteiger partial charge in [0.15, 0.2) is 31.4 Å². The Bertz CT molecular complexity index is 1610. The third kappa shape index (κ3) is 6.72. The largest absolute Gasteiger partial charge is 0.743 e. The number of rotatable bonds is 9. The molecule has 3 aromatic rings. The third-order valence-corrected chi connectivity index (χ3v) is 11.2. The summed E-state index contributed by atoms with van der Waals surface area (Å²) in [5.41, 5.74) is 0.0815. The van der Waals surface area contributed by atoms with Crippen LogP contribution in [-0.4, -0.2) is 54.9 Å². The zero-order valence-electron chi connectivity index (χ0n) is 24.5. The summed E-state index contributed by atoms with van der Waals surface area (Å²) >= 11 is 0. The van der Waals surface area contributed by atoms with Crippen LogP contribution in [0, 0.1) is 23.7 Å². The number of fused-ring (bicyclic) bond motifs is 1. The maximum absolute atomic E-state index is 13.2. The number of hydrogen-bond donors (Lipinski definition) is 0. The van der Waals surface area contributed by atoms with Crippen molar-refractivity contribution in [2.45, 2.75) is 45.5 Å². The Labute approximate surface area is 267 Å². The van der Waals surface area contributed by atoms with E-state index in [1.807, 2.05) is 0 Å². The van der Waals surface area contributed by atoms with E-state index in [0.29, 0.717) is 0 Å². The van der Waals surface area contributed by atoms with Crippen LogP contribution in [0.5, 0.6) is 0 Å². The second kappa shape index (κ2) is 13.3. The molecule has 3 aliphatic rings. The fraction of sp³-hybridized carbons (Fsp3) is 0.303. The third-order valence-electron chi connectivity index (χ3n) is 8.09.